The molecule has 1 aliphatic rings. The van der Waals surface area contributed by atoms with Gasteiger partial charge in [0.2, 0.25) is 10.0 Å². The third-order valence-corrected chi connectivity index (χ3v) is 3.87. The van der Waals surface area contributed by atoms with E-state index < -0.39 is 10.0 Å². The number of hydrogen-bond acceptors (Lipinski definition) is 4. The summed E-state index contributed by atoms with van der Waals surface area (Å²) in [5.74, 6) is 0. The van der Waals surface area contributed by atoms with Gasteiger partial charge in [-0.3, -0.25) is 0 Å². The van der Waals surface area contributed by atoms with Gasteiger partial charge in [0.05, 0.1) is 12.9 Å². The van der Waals surface area contributed by atoms with Crippen molar-refractivity contribution >= 4 is 10.0 Å². The average Bonchev–Trinajstić information content (AvgIpc) is 2.62. The van der Waals surface area contributed by atoms with Crippen molar-refractivity contribution in [3.05, 3.63) is 0 Å². The van der Waals surface area contributed by atoms with Crippen molar-refractivity contribution < 1.29 is 13.2 Å². The Morgan fingerprint density at radius 2 is 2.27 bits per heavy atom. The summed E-state index contributed by atoms with van der Waals surface area (Å²) < 4.78 is 29.3. The maximum atomic E-state index is 11.5. The van der Waals surface area contributed by atoms with Crippen molar-refractivity contribution in [3.63, 3.8) is 0 Å². The van der Waals surface area contributed by atoms with E-state index in [1.165, 1.54) is 10.6 Å². The highest BCUT2D eigenvalue weighted by Gasteiger charge is 2.23. The van der Waals surface area contributed by atoms with E-state index in [0.29, 0.717) is 25.7 Å². The zero-order valence-corrected chi connectivity index (χ0v) is 10.2. The van der Waals surface area contributed by atoms with E-state index in [-0.39, 0.29) is 0 Å². The predicted molar refractivity (Wildman–Crippen MR) is 59.3 cm³/mol. The maximum Gasteiger partial charge on any atom is 0.211 e. The second kappa shape index (κ2) is 5.79. The molecule has 0 aliphatic carbocycles. The Hall–Kier alpha value is -0.170. The minimum Gasteiger partial charge on any atom is -0.383 e. The van der Waals surface area contributed by atoms with E-state index in [1.807, 2.05) is 0 Å². The van der Waals surface area contributed by atoms with E-state index in [4.69, 9.17) is 4.74 Å². The first kappa shape index (κ1) is 12.9. The Morgan fingerprint density at radius 3 is 2.73 bits per heavy atom. The molecule has 6 heteroatoms. The van der Waals surface area contributed by atoms with Crippen LogP contribution in [0.2, 0.25) is 0 Å². The van der Waals surface area contributed by atoms with Gasteiger partial charge >= 0.3 is 0 Å². The Bertz CT molecular complexity index is 273. The molecule has 1 atom stereocenters. The Kier molecular flexibility index (Phi) is 4.98. The SMILES string of the molecule is COCCN(CC1CCCN1)S(C)(=O)=O. The van der Waals surface area contributed by atoms with Crippen molar-refractivity contribution in [3.8, 4) is 0 Å². The summed E-state index contributed by atoms with van der Waals surface area (Å²) in [5.41, 5.74) is 0. The number of rotatable bonds is 6. The van der Waals surface area contributed by atoms with E-state index in [2.05, 4.69) is 5.32 Å². The van der Waals surface area contributed by atoms with Crippen LogP contribution in [0.25, 0.3) is 0 Å². The lowest BCUT2D eigenvalue weighted by atomic mass is 10.2. The van der Waals surface area contributed by atoms with Crippen molar-refractivity contribution in [1.82, 2.24) is 9.62 Å². The van der Waals surface area contributed by atoms with Gasteiger partial charge in [-0.25, -0.2) is 8.42 Å². The fraction of sp³-hybridized carbons (Fsp3) is 1.00. The minimum atomic E-state index is -3.11. The highest BCUT2D eigenvalue weighted by molar-refractivity contribution is 7.88. The molecule has 0 radical (unpaired) electrons. The van der Waals surface area contributed by atoms with Crippen LogP contribution >= 0.6 is 0 Å². The fourth-order valence-electron chi connectivity index (χ4n) is 1.74. The van der Waals surface area contributed by atoms with Gasteiger partial charge in [-0.1, -0.05) is 0 Å². The molecule has 0 spiro atoms. The smallest absolute Gasteiger partial charge is 0.211 e. The maximum absolute atomic E-state index is 11.5. The Labute approximate surface area is 91.8 Å². The highest BCUT2D eigenvalue weighted by atomic mass is 32.2. The molecule has 0 aromatic rings. The molecule has 0 aromatic heterocycles. The van der Waals surface area contributed by atoms with Gasteiger partial charge in [-0.05, 0) is 19.4 Å². The molecule has 0 aromatic carbocycles. The van der Waals surface area contributed by atoms with Gasteiger partial charge in [0.1, 0.15) is 0 Å². The van der Waals surface area contributed by atoms with Gasteiger partial charge in [0, 0.05) is 26.2 Å². The van der Waals surface area contributed by atoms with Gasteiger partial charge in [-0.15, -0.1) is 0 Å². The van der Waals surface area contributed by atoms with Crippen LogP contribution in [0.1, 0.15) is 12.8 Å². The van der Waals surface area contributed by atoms with Crippen LogP contribution in [0.4, 0.5) is 0 Å². The monoisotopic (exact) mass is 236 g/mol. The van der Waals surface area contributed by atoms with E-state index >= 15 is 0 Å². The van der Waals surface area contributed by atoms with Crippen LogP contribution in [-0.2, 0) is 14.8 Å². The van der Waals surface area contributed by atoms with Crippen LogP contribution in [0.15, 0.2) is 0 Å². The summed E-state index contributed by atoms with van der Waals surface area (Å²) in [6.07, 6.45) is 3.43. The number of sulfonamides is 1. The topological polar surface area (TPSA) is 58.6 Å². The van der Waals surface area contributed by atoms with Crippen LogP contribution in [0, 0.1) is 0 Å². The zero-order valence-electron chi connectivity index (χ0n) is 9.40. The summed E-state index contributed by atoms with van der Waals surface area (Å²) in [7, 11) is -1.53. The molecule has 0 saturated carbocycles. The first-order valence-corrected chi connectivity index (χ1v) is 7.06. The van der Waals surface area contributed by atoms with Crippen molar-refractivity contribution in [2.24, 2.45) is 0 Å². The lowest BCUT2D eigenvalue weighted by Crippen LogP contribution is -2.42. The van der Waals surface area contributed by atoms with Crippen LogP contribution in [0.3, 0.4) is 0 Å². The molecule has 1 unspecified atom stereocenters. The predicted octanol–water partition coefficient (Wildman–Crippen LogP) is -0.354. The first-order chi connectivity index (χ1) is 7.04. The van der Waals surface area contributed by atoms with E-state index in [0.717, 1.165) is 19.4 Å². The molecular weight excluding hydrogens is 216 g/mol. The molecule has 1 fully saturated rings. The second-order valence-electron chi connectivity index (χ2n) is 3.91. The lowest BCUT2D eigenvalue weighted by molar-refractivity contribution is 0.176. The lowest BCUT2D eigenvalue weighted by Gasteiger charge is -2.23. The van der Waals surface area contributed by atoms with E-state index in [1.54, 1.807) is 7.11 Å². The van der Waals surface area contributed by atoms with Crippen molar-refractivity contribution in [2.75, 3.05) is 39.6 Å². The molecule has 1 saturated heterocycles. The number of ether oxygens (including phenoxy) is 1. The molecule has 90 valence electrons. The summed E-state index contributed by atoms with van der Waals surface area (Å²) in [4.78, 5) is 0. The summed E-state index contributed by atoms with van der Waals surface area (Å²) >= 11 is 0. The summed E-state index contributed by atoms with van der Waals surface area (Å²) in [6.45, 7) is 2.43. The highest BCUT2D eigenvalue weighted by Crippen LogP contribution is 2.09. The molecule has 1 N–H and O–H groups in total. The normalized spacial score (nSPS) is 22.5. The molecule has 1 heterocycles. The number of nitrogens with one attached hydrogen (secondary N) is 1. The van der Waals surface area contributed by atoms with Crippen LogP contribution in [-0.4, -0.2) is 58.4 Å². The molecule has 1 aliphatic heterocycles. The van der Waals surface area contributed by atoms with Crippen LogP contribution in [0.5, 0.6) is 0 Å². The molecule has 0 amide bonds. The van der Waals surface area contributed by atoms with Gasteiger partial charge in [0.25, 0.3) is 0 Å². The first-order valence-electron chi connectivity index (χ1n) is 5.21. The zero-order chi connectivity index (χ0) is 11.3. The number of nitrogens with zero attached hydrogens (tertiary/aromatic N) is 1. The van der Waals surface area contributed by atoms with Gasteiger partial charge < -0.3 is 10.1 Å². The van der Waals surface area contributed by atoms with Crippen LogP contribution < -0.4 is 5.32 Å². The van der Waals surface area contributed by atoms with Crippen molar-refractivity contribution in [1.29, 1.82) is 0 Å². The third-order valence-electron chi connectivity index (χ3n) is 2.60. The fourth-order valence-corrected chi connectivity index (χ4v) is 2.60. The third kappa shape index (κ3) is 4.46. The van der Waals surface area contributed by atoms with E-state index in [9.17, 15) is 8.42 Å². The molecule has 0 bridgehead atoms. The largest absolute Gasteiger partial charge is 0.383 e. The Balaban J connectivity index is 2.48. The Morgan fingerprint density at radius 1 is 1.53 bits per heavy atom. The number of methoxy groups -OCH3 is 1. The quantitative estimate of drug-likeness (QED) is 0.684. The molecule has 1 rings (SSSR count). The summed E-state index contributed by atoms with van der Waals surface area (Å²) in [5, 5.41) is 3.29. The molecular formula is C9H20N2O3S. The standard InChI is InChI=1S/C9H20N2O3S/c1-14-7-6-11(15(2,12)13)8-9-4-3-5-10-9/h9-10H,3-8H2,1-2H3. The minimum absolute atomic E-state index is 0.302. The molecule has 15 heavy (non-hydrogen) atoms. The number of hydrogen-bond donors (Lipinski definition) is 1. The van der Waals surface area contributed by atoms with Gasteiger partial charge in [0.15, 0.2) is 0 Å². The average molecular weight is 236 g/mol. The second-order valence-corrected chi connectivity index (χ2v) is 5.89. The summed E-state index contributed by atoms with van der Waals surface area (Å²) in [6, 6.07) is 0.302. The van der Waals surface area contributed by atoms with Crippen molar-refractivity contribution in [2.45, 2.75) is 18.9 Å². The molecule has 5 nitrogen and oxygen atoms in total. The van der Waals surface area contributed by atoms with Gasteiger partial charge in [-0.2, -0.15) is 4.31 Å².